The van der Waals surface area contributed by atoms with Gasteiger partial charge in [-0.3, -0.25) is 4.79 Å². The van der Waals surface area contributed by atoms with Crippen molar-refractivity contribution in [1.82, 2.24) is 9.55 Å². The summed E-state index contributed by atoms with van der Waals surface area (Å²) in [5.74, 6) is 0.334. The van der Waals surface area contributed by atoms with Gasteiger partial charge in [0.25, 0.3) is 5.56 Å². The van der Waals surface area contributed by atoms with Crippen LogP contribution >= 0.6 is 0 Å². The molecule has 0 saturated heterocycles. The largest absolute Gasteiger partial charge is 0.371 e. The summed E-state index contributed by atoms with van der Waals surface area (Å²) in [7, 11) is 3.87. The van der Waals surface area contributed by atoms with Gasteiger partial charge in [0.1, 0.15) is 11.8 Å². The zero-order valence-corrected chi connectivity index (χ0v) is 17.5. The molecule has 0 spiro atoms. The van der Waals surface area contributed by atoms with Crippen molar-refractivity contribution >= 4 is 28.0 Å². The lowest BCUT2D eigenvalue weighted by molar-refractivity contribution is 0.814. The van der Waals surface area contributed by atoms with Crippen molar-refractivity contribution < 1.29 is 0 Å². The van der Waals surface area contributed by atoms with Gasteiger partial charge in [-0.05, 0) is 36.6 Å². The van der Waals surface area contributed by atoms with E-state index in [0.717, 1.165) is 46.6 Å². The maximum absolute atomic E-state index is 12.6. The van der Waals surface area contributed by atoms with Crippen molar-refractivity contribution in [2.24, 2.45) is 7.05 Å². The second kappa shape index (κ2) is 6.93. The first kappa shape index (κ1) is 19.0. The van der Waals surface area contributed by atoms with E-state index in [1.54, 1.807) is 10.8 Å². The number of likely N-dealkylation sites (N-methyl/N-ethyl adjacent to an activating group) is 1. The molecule has 0 bridgehead atoms. The molecule has 29 heavy (non-hydrogen) atoms. The molecule has 0 aliphatic carbocycles. The lowest BCUT2D eigenvalue weighted by Crippen LogP contribution is -2.37. The van der Waals surface area contributed by atoms with E-state index in [1.165, 1.54) is 5.56 Å². The van der Waals surface area contributed by atoms with Crippen LogP contribution in [0, 0.1) is 18.3 Å². The van der Waals surface area contributed by atoms with E-state index in [-0.39, 0.29) is 5.56 Å². The molecule has 0 fully saturated rings. The lowest BCUT2D eigenvalue weighted by atomic mass is 9.98. The maximum Gasteiger partial charge on any atom is 0.253 e. The van der Waals surface area contributed by atoms with Crippen molar-refractivity contribution in [1.29, 1.82) is 5.26 Å². The minimum absolute atomic E-state index is 0.0310. The second-order valence-corrected chi connectivity index (χ2v) is 8.06. The Bertz CT molecular complexity index is 1220. The van der Waals surface area contributed by atoms with E-state index in [4.69, 9.17) is 0 Å². The molecule has 0 unspecified atom stereocenters. The highest BCUT2D eigenvalue weighted by Crippen LogP contribution is 2.41. The monoisotopic (exact) mass is 387 g/mol. The zero-order valence-electron chi connectivity index (χ0n) is 17.5. The van der Waals surface area contributed by atoms with Gasteiger partial charge in [-0.1, -0.05) is 13.8 Å². The minimum Gasteiger partial charge on any atom is -0.371 e. The van der Waals surface area contributed by atoms with Crippen molar-refractivity contribution in [2.45, 2.75) is 26.7 Å². The number of rotatable bonds is 2. The Kier molecular flexibility index (Phi) is 4.54. The smallest absolute Gasteiger partial charge is 0.253 e. The van der Waals surface area contributed by atoms with E-state index in [2.05, 4.69) is 46.8 Å². The van der Waals surface area contributed by atoms with Gasteiger partial charge in [0, 0.05) is 44.2 Å². The van der Waals surface area contributed by atoms with Crippen LogP contribution in [0.5, 0.6) is 0 Å². The topological polar surface area (TPSA) is 65.2 Å². The Balaban J connectivity index is 2.03. The molecule has 0 saturated carbocycles. The fourth-order valence-electron chi connectivity index (χ4n) is 4.03. The Hall–Kier alpha value is -3.33. The predicted molar refractivity (Wildman–Crippen MR) is 117 cm³/mol. The van der Waals surface area contributed by atoms with Crippen molar-refractivity contribution in [3.63, 3.8) is 0 Å². The molecule has 0 atom stereocenters. The highest BCUT2D eigenvalue weighted by molar-refractivity contribution is 5.97. The number of benzene rings is 1. The summed E-state index contributed by atoms with van der Waals surface area (Å²) < 4.78 is 1.74. The number of hydrogen-bond donors (Lipinski definition) is 0. The average Bonchev–Trinajstić information content (AvgIpc) is 2.72. The molecule has 1 aliphatic heterocycles. The van der Waals surface area contributed by atoms with Crippen LogP contribution in [0.2, 0.25) is 0 Å². The molecular formula is C23H25N5O. The van der Waals surface area contributed by atoms with Crippen LogP contribution in [0.3, 0.4) is 0 Å². The third kappa shape index (κ3) is 3.03. The number of aromatic nitrogens is 2. The standard InChI is InChI=1S/C23H25N5O/c1-14(2)16-9-19-18(8-15(3)23(29)27(19)5)20(10-16)28-7-6-26(4)21-11-17(12-24)25-13-22(21)28/h8-11,13-14H,6-7H2,1-5H3. The SMILES string of the molecule is Cc1cc2c(N3CCN(C)c4cc(C#N)ncc43)cc(C(C)C)cc2n(C)c1=O. The molecule has 3 aromatic rings. The fraction of sp³-hybridized carbons (Fsp3) is 0.348. The summed E-state index contributed by atoms with van der Waals surface area (Å²) in [6.07, 6.45) is 1.78. The number of anilines is 3. The molecule has 2 aromatic heterocycles. The Morgan fingerprint density at radius 3 is 2.52 bits per heavy atom. The number of pyridine rings is 2. The normalized spacial score (nSPS) is 13.7. The number of fused-ring (bicyclic) bond motifs is 2. The van der Waals surface area contributed by atoms with Gasteiger partial charge in [0.15, 0.2) is 0 Å². The van der Waals surface area contributed by atoms with E-state index in [1.807, 2.05) is 33.2 Å². The van der Waals surface area contributed by atoms with Gasteiger partial charge < -0.3 is 14.4 Å². The molecule has 6 heteroatoms. The summed E-state index contributed by atoms with van der Waals surface area (Å²) in [6.45, 7) is 7.82. The van der Waals surface area contributed by atoms with Gasteiger partial charge in [-0.25, -0.2) is 4.98 Å². The third-order valence-electron chi connectivity index (χ3n) is 5.82. The van der Waals surface area contributed by atoms with Crippen molar-refractivity contribution in [2.75, 3.05) is 29.9 Å². The van der Waals surface area contributed by atoms with E-state index < -0.39 is 0 Å². The summed E-state index contributed by atoms with van der Waals surface area (Å²) in [5.41, 5.74) is 6.34. The Morgan fingerprint density at radius 1 is 1.07 bits per heavy atom. The summed E-state index contributed by atoms with van der Waals surface area (Å²) in [5, 5.41) is 10.3. The average molecular weight is 387 g/mol. The molecule has 3 heterocycles. The molecule has 0 radical (unpaired) electrons. The molecule has 4 rings (SSSR count). The van der Waals surface area contributed by atoms with Gasteiger partial charge in [-0.2, -0.15) is 5.26 Å². The summed E-state index contributed by atoms with van der Waals surface area (Å²) in [4.78, 5) is 21.3. The van der Waals surface area contributed by atoms with Crippen LogP contribution in [0.25, 0.3) is 10.9 Å². The van der Waals surface area contributed by atoms with Crippen LogP contribution in [0.1, 0.15) is 36.6 Å². The van der Waals surface area contributed by atoms with Crippen molar-refractivity contribution in [3.8, 4) is 6.07 Å². The molecule has 1 aliphatic rings. The first-order valence-corrected chi connectivity index (χ1v) is 9.85. The van der Waals surface area contributed by atoms with Crippen LogP contribution in [-0.2, 0) is 7.05 Å². The number of nitrogens with zero attached hydrogens (tertiary/aromatic N) is 5. The Labute approximate surface area is 170 Å². The number of nitriles is 1. The molecule has 148 valence electrons. The first-order valence-electron chi connectivity index (χ1n) is 9.85. The van der Waals surface area contributed by atoms with Gasteiger partial charge in [0.2, 0.25) is 0 Å². The lowest BCUT2D eigenvalue weighted by Gasteiger charge is -2.37. The van der Waals surface area contributed by atoms with Crippen molar-refractivity contribution in [3.05, 3.63) is 57.6 Å². The van der Waals surface area contributed by atoms with Crippen LogP contribution < -0.4 is 15.4 Å². The highest BCUT2D eigenvalue weighted by atomic mass is 16.1. The summed E-state index contributed by atoms with van der Waals surface area (Å²) in [6, 6.07) is 10.3. The fourth-order valence-corrected chi connectivity index (χ4v) is 4.03. The zero-order chi connectivity index (χ0) is 20.9. The quantitative estimate of drug-likeness (QED) is 0.669. The van der Waals surface area contributed by atoms with Gasteiger partial charge in [-0.15, -0.1) is 0 Å². The van der Waals surface area contributed by atoms with Crippen LogP contribution in [0.15, 0.2) is 35.3 Å². The number of hydrogen-bond acceptors (Lipinski definition) is 5. The minimum atomic E-state index is 0.0310. The number of aryl methyl sites for hydroxylation is 2. The van der Waals surface area contributed by atoms with Crippen LogP contribution in [-0.4, -0.2) is 29.7 Å². The third-order valence-corrected chi connectivity index (χ3v) is 5.82. The molecule has 6 nitrogen and oxygen atoms in total. The predicted octanol–water partition coefficient (Wildman–Crippen LogP) is 3.82. The van der Waals surface area contributed by atoms with Gasteiger partial charge >= 0.3 is 0 Å². The van der Waals surface area contributed by atoms with E-state index in [9.17, 15) is 10.1 Å². The van der Waals surface area contributed by atoms with E-state index in [0.29, 0.717) is 11.6 Å². The molecule has 1 aromatic carbocycles. The first-order chi connectivity index (χ1) is 13.8. The molecule has 0 amide bonds. The van der Waals surface area contributed by atoms with E-state index >= 15 is 0 Å². The molecular weight excluding hydrogens is 362 g/mol. The van der Waals surface area contributed by atoms with Gasteiger partial charge in [0.05, 0.1) is 28.8 Å². The second-order valence-electron chi connectivity index (χ2n) is 8.06. The summed E-state index contributed by atoms with van der Waals surface area (Å²) >= 11 is 0. The Morgan fingerprint density at radius 2 is 1.83 bits per heavy atom. The maximum atomic E-state index is 12.6. The highest BCUT2D eigenvalue weighted by Gasteiger charge is 2.25. The van der Waals surface area contributed by atoms with Crippen LogP contribution in [0.4, 0.5) is 17.1 Å². The molecule has 0 N–H and O–H groups in total.